The van der Waals surface area contributed by atoms with Crippen molar-refractivity contribution in [3.05, 3.63) is 18.0 Å². The van der Waals surface area contributed by atoms with Crippen molar-refractivity contribution in [2.45, 2.75) is 46.3 Å². The number of hydrogen-bond acceptors (Lipinski definition) is 3. The second kappa shape index (κ2) is 6.01. The van der Waals surface area contributed by atoms with E-state index in [0.717, 1.165) is 12.1 Å². The van der Waals surface area contributed by atoms with E-state index in [2.05, 4.69) is 38.1 Å². The number of aliphatic hydroxyl groups is 1. The molecule has 4 heteroatoms. The van der Waals surface area contributed by atoms with E-state index in [1.165, 1.54) is 0 Å². The zero-order valence-electron chi connectivity index (χ0n) is 10.6. The molecule has 0 radical (unpaired) electrons. The zero-order chi connectivity index (χ0) is 12.1. The first-order valence-electron chi connectivity index (χ1n) is 5.91. The third-order valence-corrected chi connectivity index (χ3v) is 2.75. The topological polar surface area (TPSA) is 50.1 Å². The maximum absolute atomic E-state index is 9.18. The Hall–Kier alpha value is -0.870. The van der Waals surface area contributed by atoms with Crippen LogP contribution < -0.4 is 5.32 Å². The Morgan fingerprint density at radius 1 is 1.38 bits per heavy atom. The molecule has 1 heterocycles. The molecule has 0 aliphatic rings. The minimum absolute atomic E-state index is 0.155. The average molecular weight is 225 g/mol. The van der Waals surface area contributed by atoms with Gasteiger partial charge in [0.15, 0.2) is 0 Å². The van der Waals surface area contributed by atoms with Crippen molar-refractivity contribution in [1.29, 1.82) is 0 Å². The van der Waals surface area contributed by atoms with Crippen LogP contribution in [0.4, 0.5) is 0 Å². The zero-order valence-corrected chi connectivity index (χ0v) is 10.6. The third-order valence-electron chi connectivity index (χ3n) is 2.75. The standard InChI is InChI=1S/C12H23N3O/c1-9(2)12(8-16)13-5-11-6-14-15(7-11)10(3)4/h6-7,9-10,12-13,16H,5,8H2,1-4H3/t12-/m1/s1. The molecule has 0 fully saturated rings. The van der Waals surface area contributed by atoms with E-state index >= 15 is 0 Å². The van der Waals surface area contributed by atoms with Gasteiger partial charge in [0, 0.05) is 30.4 Å². The van der Waals surface area contributed by atoms with Gasteiger partial charge in [0.1, 0.15) is 0 Å². The molecule has 92 valence electrons. The third kappa shape index (κ3) is 3.61. The Labute approximate surface area is 97.7 Å². The predicted molar refractivity (Wildman–Crippen MR) is 65.2 cm³/mol. The van der Waals surface area contributed by atoms with Crippen LogP contribution in [0.5, 0.6) is 0 Å². The summed E-state index contributed by atoms with van der Waals surface area (Å²) >= 11 is 0. The van der Waals surface area contributed by atoms with E-state index in [9.17, 15) is 5.11 Å². The molecule has 0 saturated carbocycles. The highest BCUT2D eigenvalue weighted by molar-refractivity contribution is 5.04. The van der Waals surface area contributed by atoms with Gasteiger partial charge in [-0.05, 0) is 19.8 Å². The molecule has 4 nitrogen and oxygen atoms in total. The molecular weight excluding hydrogens is 202 g/mol. The highest BCUT2D eigenvalue weighted by atomic mass is 16.3. The molecule has 0 spiro atoms. The fourth-order valence-corrected chi connectivity index (χ4v) is 1.51. The molecule has 0 aromatic carbocycles. The maximum atomic E-state index is 9.18. The van der Waals surface area contributed by atoms with Crippen molar-refractivity contribution >= 4 is 0 Å². The number of nitrogens with one attached hydrogen (secondary N) is 1. The largest absolute Gasteiger partial charge is 0.395 e. The Balaban J connectivity index is 2.47. The molecule has 0 amide bonds. The number of hydrogen-bond donors (Lipinski definition) is 2. The summed E-state index contributed by atoms with van der Waals surface area (Å²) in [6.07, 6.45) is 3.92. The molecule has 2 N–H and O–H groups in total. The van der Waals surface area contributed by atoms with Crippen LogP contribution in [0.15, 0.2) is 12.4 Å². The van der Waals surface area contributed by atoms with Gasteiger partial charge >= 0.3 is 0 Å². The monoisotopic (exact) mass is 225 g/mol. The quantitative estimate of drug-likeness (QED) is 0.772. The number of aliphatic hydroxyl groups excluding tert-OH is 1. The number of nitrogens with zero attached hydrogens (tertiary/aromatic N) is 2. The van der Waals surface area contributed by atoms with E-state index in [1.54, 1.807) is 0 Å². The number of aromatic nitrogens is 2. The Morgan fingerprint density at radius 2 is 2.06 bits per heavy atom. The van der Waals surface area contributed by atoms with E-state index < -0.39 is 0 Å². The smallest absolute Gasteiger partial charge is 0.0587 e. The van der Waals surface area contributed by atoms with Gasteiger partial charge in [-0.15, -0.1) is 0 Å². The van der Waals surface area contributed by atoms with Crippen molar-refractivity contribution in [2.24, 2.45) is 5.92 Å². The van der Waals surface area contributed by atoms with Crippen LogP contribution in [0.3, 0.4) is 0 Å². The molecule has 16 heavy (non-hydrogen) atoms. The number of rotatable bonds is 6. The lowest BCUT2D eigenvalue weighted by Gasteiger charge is -2.19. The molecule has 0 aliphatic heterocycles. The second-order valence-corrected chi connectivity index (χ2v) is 4.84. The summed E-state index contributed by atoms with van der Waals surface area (Å²) in [5.74, 6) is 0.435. The molecule has 0 aliphatic carbocycles. The van der Waals surface area contributed by atoms with Crippen LogP contribution in [0.25, 0.3) is 0 Å². The van der Waals surface area contributed by atoms with E-state index in [0.29, 0.717) is 12.0 Å². The van der Waals surface area contributed by atoms with E-state index in [1.807, 2.05) is 17.1 Å². The van der Waals surface area contributed by atoms with Crippen molar-refractivity contribution in [3.63, 3.8) is 0 Å². The summed E-state index contributed by atoms with van der Waals surface area (Å²) in [6.45, 7) is 9.35. The SMILES string of the molecule is CC(C)[C@@H](CO)NCc1cnn(C(C)C)c1. The van der Waals surface area contributed by atoms with Crippen molar-refractivity contribution in [3.8, 4) is 0 Å². The minimum atomic E-state index is 0.155. The van der Waals surface area contributed by atoms with Gasteiger partial charge in [0.25, 0.3) is 0 Å². The van der Waals surface area contributed by atoms with Crippen molar-refractivity contribution in [1.82, 2.24) is 15.1 Å². The molecular formula is C12H23N3O. The molecule has 1 aromatic heterocycles. The van der Waals surface area contributed by atoms with Crippen LogP contribution >= 0.6 is 0 Å². The first kappa shape index (κ1) is 13.2. The fourth-order valence-electron chi connectivity index (χ4n) is 1.51. The van der Waals surface area contributed by atoms with Crippen LogP contribution in [-0.2, 0) is 6.54 Å². The lowest BCUT2D eigenvalue weighted by molar-refractivity contribution is 0.210. The van der Waals surface area contributed by atoms with Gasteiger partial charge in [-0.3, -0.25) is 4.68 Å². The summed E-state index contributed by atoms with van der Waals surface area (Å²) < 4.78 is 1.94. The van der Waals surface area contributed by atoms with Gasteiger partial charge in [-0.1, -0.05) is 13.8 Å². The molecule has 1 rings (SSSR count). The Kier molecular flexibility index (Phi) is 4.96. The van der Waals surface area contributed by atoms with Gasteiger partial charge in [-0.25, -0.2) is 0 Å². The summed E-state index contributed by atoms with van der Waals surface area (Å²) in [6, 6.07) is 0.551. The molecule has 1 aromatic rings. The Bertz CT molecular complexity index is 307. The van der Waals surface area contributed by atoms with Crippen LogP contribution in [0.1, 0.15) is 39.3 Å². The summed E-state index contributed by atoms with van der Waals surface area (Å²) in [7, 11) is 0. The van der Waals surface area contributed by atoms with Crippen LogP contribution in [-0.4, -0.2) is 27.5 Å². The highest BCUT2D eigenvalue weighted by Crippen LogP contribution is 2.06. The minimum Gasteiger partial charge on any atom is -0.395 e. The first-order valence-corrected chi connectivity index (χ1v) is 5.91. The lowest BCUT2D eigenvalue weighted by atomic mass is 10.1. The van der Waals surface area contributed by atoms with Crippen LogP contribution in [0.2, 0.25) is 0 Å². The Morgan fingerprint density at radius 3 is 2.50 bits per heavy atom. The normalized spacial score (nSPS) is 13.7. The molecule has 0 saturated heterocycles. The second-order valence-electron chi connectivity index (χ2n) is 4.84. The van der Waals surface area contributed by atoms with Gasteiger partial charge < -0.3 is 10.4 Å². The van der Waals surface area contributed by atoms with Crippen LogP contribution in [0, 0.1) is 5.92 Å². The lowest BCUT2D eigenvalue weighted by Crippen LogP contribution is -2.36. The van der Waals surface area contributed by atoms with E-state index in [4.69, 9.17) is 0 Å². The molecule has 0 unspecified atom stereocenters. The highest BCUT2D eigenvalue weighted by Gasteiger charge is 2.11. The van der Waals surface area contributed by atoms with Gasteiger partial charge in [0.2, 0.25) is 0 Å². The fraction of sp³-hybridized carbons (Fsp3) is 0.750. The maximum Gasteiger partial charge on any atom is 0.0587 e. The van der Waals surface area contributed by atoms with Gasteiger partial charge in [0.05, 0.1) is 12.8 Å². The summed E-state index contributed by atoms with van der Waals surface area (Å²) in [4.78, 5) is 0. The molecule has 1 atom stereocenters. The van der Waals surface area contributed by atoms with Crippen molar-refractivity contribution in [2.75, 3.05) is 6.61 Å². The average Bonchev–Trinajstić information content (AvgIpc) is 2.67. The van der Waals surface area contributed by atoms with Gasteiger partial charge in [-0.2, -0.15) is 5.10 Å². The summed E-state index contributed by atoms with van der Waals surface area (Å²) in [5.41, 5.74) is 1.16. The van der Waals surface area contributed by atoms with E-state index in [-0.39, 0.29) is 12.6 Å². The summed E-state index contributed by atoms with van der Waals surface area (Å²) in [5, 5.41) is 16.8. The van der Waals surface area contributed by atoms with Crippen molar-refractivity contribution < 1.29 is 5.11 Å². The predicted octanol–water partition coefficient (Wildman–Crippen LogP) is 1.57. The first-order chi connectivity index (χ1) is 7.54. The molecule has 0 bridgehead atoms.